The van der Waals surface area contributed by atoms with E-state index in [1.54, 1.807) is 11.3 Å². The predicted molar refractivity (Wildman–Crippen MR) is 126 cm³/mol. The standard InChI is InChI=1S/C24H28N4O2S/c1-4-27-20(23(29)25-13-9-14-30-17(2)3)16-19-22(21-12-8-15-31-21)26-28(24(19)27)18-10-6-5-7-11-18/h5-8,10-12,15-17H,4,9,13-14H2,1-3H3,(H,25,29). The molecule has 3 aromatic heterocycles. The van der Waals surface area contributed by atoms with Crippen molar-refractivity contribution in [1.82, 2.24) is 19.7 Å². The first kappa shape index (κ1) is 21.3. The van der Waals surface area contributed by atoms with Gasteiger partial charge in [0.1, 0.15) is 17.0 Å². The van der Waals surface area contributed by atoms with Crippen LogP contribution in [0.25, 0.3) is 27.3 Å². The molecule has 0 spiro atoms. The van der Waals surface area contributed by atoms with Gasteiger partial charge in [0.05, 0.1) is 16.7 Å². The van der Waals surface area contributed by atoms with Gasteiger partial charge in [-0.15, -0.1) is 11.3 Å². The molecule has 162 valence electrons. The van der Waals surface area contributed by atoms with Crippen LogP contribution < -0.4 is 5.32 Å². The third kappa shape index (κ3) is 4.43. The smallest absolute Gasteiger partial charge is 0.267 e. The highest BCUT2D eigenvalue weighted by Crippen LogP contribution is 2.34. The summed E-state index contributed by atoms with van der Waals surface area (Å²) in [6.45, 7) is 7.98. The molecule has 0 fully saturated rings. The summed E-state index contributed by atoms with van der Waals surface area (Å²) >= 11 is 1.65. The van der Waals surface area contributed by atoms with E-state index in [0.29, 0.717) is 25.4 Å². The molecule has 0 bridgehead atoms. The van der Waals surface area contributed by atoms with Gasteiger partial charge in [0.25, 0.3) is 5.91 Å². The first-order valence-corrected chi connectivity index (χ1v) is 11.6. The average Bonchev–Trinajstić information content (AvgIpc) is 3.49. The zero-order chi connectivity index (χ0) is 21.8. The van der Waals surface area contributed by atoms with Gasteiger partial charge < -0.3 is 14.6 Å². The molecule has 0 aliphatic heterocycles. The number of amides is 1. The van der Waals surface area contributed by atoms with E-state index in [4.69, 9.17) is 9.84 Å². The number of para-hydroxylation sites is 1. The summed E-state index contributed by atoms with van der Waals surface area (Å²) in [4.78, 5) is 14.1. The zero-order valence-electron chi connectivity index (χ0n) is 18.2. The minimum absolute atomic E-state index is 0.0701. The van der Waals surface area contributed by atoms with Crippen molar-refractivity contribution in [2.75, 3.05) is 13.2 Å². The Hall–Kier alpha value is -2.90. The number of thiophene rings is 1. The van der Waals surface area contributed by atoms with Gasteiger partial charge in [0.2, 0.25) is 0 Å². The van der Waals surface area contributed by atoms with Gasteiger partial charge in [-0.25, -0.2) is 4.68 Å². The largest absolute Gasteiger partial charge is 0.379 e. The van der Waals surface area contributed by atoms with Crippen LogP contribution in [0.4, 0.5) is 0 Å². The first-order valence-electron chi connectivity index (χ1n) is 10.7. The zero-order valence-corrected chi connectivity index (χ0v) is 19.0. The molecule has 31 heavy (non-hydrogen) atoms. The molecule has 7 heteroatoms. The first-order chi connectivity index (χ1) is 15.1. The Labute approximate surface area is 186 Å². The topological polar surface area (TPSA) is 61.1 Å². The molecule has 0 aliphatic carbocycles. The maximum Gasteiger partial charge on any atom is 0.267 e. The second-order valence-corrected chi connectivity index (χ2v) is 8.56. The lowest BCUT2D eigenvalue weighted by atomic mass is 10.2. The van der Waals surface area contributed by atoms with E-state index < -0.39 is 0 Å². The number of carbonyl (C=O) groups is 1. The van der Waals surface area contributed by atoms with Gasteiger partial charge in [-0.3, -0.25) is 4.79 Å². The van der Waals surface area contributed by atoms with Crippen LogP contribution in [0, 0.1) is 0 Å². The van der Waals surface area contributed by atoms with E-state index in [1.165, 1.54) is 0 Å². The van der Waals surface area contributed by atoms with Gasteiger partial charge in [-0.05, 0) is 56.8 Å². The number of nitrogens with one attached hydrogen (secondary N) is 1. The van der Waals surface area contributed by atoms with E-state index in [1.807, 2.05) is 70.9 Å². The maximum absolute atomic E-state index is 13.0. The van der Waals surface area contributed by atoms with Crippen molar-refractivity contribution in [3.63, 3.8) is 0 Å². The molecule has 0 unspecified atom stereocenters. The molecule has 0 radical (unpaired) electrons. The Kier molecular flexibility index (Phi) is 6.53. The summed E-state index contributed by atoms with van der Waals surface area (Å²) in [6, 6.07) is 16.1. The number of aromatic nitrogens is 3. The van der Waals surface area contributed by atoms with Crippen LogP contribution >= 0.6 is 11.3 Å². The third-order valence-electron chi connectivity index (χ3n) is 5.09. The van der Waals surface area contributed by atoms with Gasteiger partial charge in [0.15, 0.2) is 0 Å². The second-order valence-electron chi connectivity index (χ2n) is 7.61. The van der Waals surface area contributed by atoms with Gasteiger partial charge in [-0.1, -0.05) is 24.3 Å². The predicted octanol–water partition coefficient (Wildman–Crippen LogP) is 5.12. The third-order valence-corrected chi connectivity index (χ3v) is 5.96. The molecule has 1 amide bonds. The molecule has 0 saturated carbocycles. The van der Waals surface area contributed by atoms with Crippen molar-refractivity contribution < 1.29 is 9.53 Å². The summed E-state index contributed by atoms with van der Waals surface area (Å²) in [5.74, 6) is -0.0701. The lowest BCUT2D eigenvalue weighted by Crippen LogP contribution is -2.27. The summed E-state index contributed by atoms with van der Waals surface area (Å²) in [5, 5.41) is 11.0. The Balaban J connectivity index is 1.71. The molecule has 0 saturated heterocycles. The number of carbonyl (C=O) groups excluding carboxylic acids is 1. The van der Waals surface area contributed by atoms with Gasteiger partial charge >= 0.3 is 0 Å². The van der Waals surface area contributed by atoms with Crippen LogP contribution in [-0.2, 0) is 11.3 Å². The van der Waals surface area contributed by atoms with Crippen LogP contribution in [0.15, 0.2) is 53.9 Å². The minimum atomic E-state index is -0.0701. The lowest BCUT2D eigenvalue weighted by Gasteiger charge is -2.11. The quantitative estimate of drug-likeness (QED) is 0.371. The van der Waals surface area contributed by atoms with E-state index in [0.717, 1.165) is 33.7 Å². The molecule has 1 aromatic carbocycles. The van der Waals surface area contributed by atoms with E-state index in [9.17, 15) is 4.79 Å². The summed E-state index contributed by atoms with van der Waals surface area (Å²) in [5.41, 5.74) is 3.47. The molecular weight excluding hydrogens is 408 g/mol. The molecule has 4 aromatic rings. The fourth-order valence-corrected chi connectivity index (χ4v) is 4.40. The summed E-state index contributed by atoms with van der Waals surface area (Å²) < 4.78 is 9.56. The molecule has 3 heterocycles. The van der Waals surface area contributed by atoms with Crippen LogP contribution in [0.2, 0.25) is 0 Å². The van der Waals surface area contributed by atoms with Gasteiger partial charge in [-0.2, -0.15) is 5.10 Å². The number of rotatable bonds is 9. The van der Waals surface area contributed by atoms with Crippen molar-refractivity contribution in [2.24, 2.45) is 0 Å². The van der Waals surface area contributed by atoms with Crippen LogP contribution in [0.3, 0.4) is 0 Å². The van der Waals surface area contributed by atoms with Crippen molar-refractivity contribution >= 4 is 28.3 Å². The van der Waals surface area contributed by atoms with E-state index in [-0.39, 0.29) is 12.0 Å². The molecule has 0 atom stereocenters. The Bertz CT molecular complexity index is 1140. The monoisotopic (exact) mass is 436 g/mol. The van der Waals surface area contributed by atoms with Crippen molar-refractivity contribution in [1.29, 1.82) is 0 Å². The fourth-order valence-electron chi connectivity index (χ4n) is 3.68. The Morgan fingerprint density at radius 2 is 2.00 bits per heavy atom. The Morgan fingerprint density at radius 1 is 1.19 bits per heavy atom. The van der Waals surface area contributed by atoms with E-state index in [2.05, 4.69) is 18.3 Å². The Morgan fingerprint density at radius 3 is 2.68 bits per heavy atom. The lowest BCUT2D eigenvalue weighted by molar-refractivity contribution is 0.0756. The number of ether oxygens (including phenoxy) is 1. The normalized spacial score (nSPS) is 11.5. The highest BCUT2D eigenvalue weighted by Gasteiger charge is 2.23. The SMILES string of the molecule is CCn1c(C(=O)NCCCOC(C)C)cc2c(-c3cccs3)nn(-c3ccccc3)c21. The van der Waals surface area contributed by atoms with Crippen molar-refractivity contribution in [3.05, 3.63) is 59.6 Å². The van der Waals surface area contributed by atoms with Crippen LogP contribution in [-0.4, -0.2) is 39.5 Å². The van der Waals surface area contributed by atoms with Crippen molar-refractivity contribution in [3.8, 4) is 16.3 Å². The van der Waals surface area contributed by atoms with Crippen LogP contribution in [0.5, 0.6) is 0 Å². The van der Waals surface area contributed by atoms with Crippen LogP contribution in [0.1, 0.15) is 37.7 Å². The number of benzene rings is 1. The molecular formula is C24H28N4O2S. The van der Waals surface area contributed by atoms with E-state index >= 15 is 0 Å². The average molecular weight is 437 g/mol. The number of hydrogen-bond acceptors (Lipinski definition) is 4. The second kappa shape index (κ2) is 9.49. The van der Waals surface area contributed by atoms with Crippen molar-refractivity contribution in [2.45, 2.75) is 39.8 Å². The number of aryl methyl sites for hydroxylation is 1. The number of fused-ring (bicyclic) bond motifs is 1. The number of nitrogens with zero attached hydrogens (tertiary/aromatic N) is 3. The molecule has 1 N–H and O–H groups in total. The number of hydrogen-bond donors (Lipinski definition) is 1. The summed E-state index contributed by atoms with van der Waals surface area (Å²) in [6.07, 6.45) is 0.990. The molecule has 4 rings (SSSR count). The fraction of sp³-hybridized carbons (Fsp3) is 0.333. The molecule has 0 aliphatic rings. The molecule has 6 nitrogen and oxygen atoms in total. The maximum atomic E-state index is 13.0. The highest BCUT2D eigenvalue weighted by atomic mass is 32.1. The highest BCUT2D eigenvalue weighted by molar-refractivity contribution is 7.13. The van der Waals surface area contributed by atoms with Gasteiger partial charge in [0, 0.05) is 25.1 Å². The summed E-state index contributed by atoms with van der Waals surface area (Å²) in [7, 11) is 0. The minimum Gasteiger partial charge on any atom is -0.379 e.